The molecule has 1 aliphatic heterocycles. The molecule has 5 heteroatoms. The first kappa shape index (κ1) is 13.8. The zero-order valence-electron chi connectivity index (χ0n) is 11.6. The van der Waals surface area contributed by atoms with Gasteiger partial charge in [-0.1, -0.05) is 0 Å². The molecular weight excluding hydrogens is 242 g/mol. The molecule has 0 saturated carbocycles. The maximum atomic E-state index is 12.3. The molecule has 0 bridgehead atoms. The molecule has 2 heterocycles. The normalized spacial score (nSPS) is 18.9. The van der Waals surface area contributed by atoms with Gasteiger partial charge in [0, 0.05) is 39.1 Å². The third kappa shape index (κ3) is 3.67. The van der Waals surface area contributed by atoms with E-state index < -0.39 is 0 Å². The smallest absolute Gasteiger partial charge is 0.272 e. The van der Waals surface area contributed by atoms with Crippen LogP contribution in [0.5, 0.6) is 0 Å². The first-order valence-corrected chi connectivity index (χ1v) is 6.67. The highest BCUT2D eigenvalue weighted by Gasteiger charge is 2.20. The monoisotopic (exact) mass is 263 g/mol. The number of nitrogens with one attached hydrogen (secondary N) is 1. The number of nitrogens with zero attached hydrogens (tertiary/aromatic N) is 2. The summed E-state index contributed by atoms with van der Waals surface area (Å²) in [6, 6.07) is 3.61. The zero-order valence-corrected chi connectivity index (χ0v) is 11.6. The van der Waals surface area contributed by atoms with Crippen molar-refractivity contribution < 1.29 is 9.53 Å². The van der Waals surface area contributed by atoms with Gasteiger partial charge < -0.3 is 15.0 Å². The summed E-state index contributed by atoms with van der Waals surface area (Å²) in [5.41, 5.74) is 1.37. The number of hydrogen-bond donors (Lipinski definition) is 1. The Kier molecular flexibility index (Phi) is 4.74. The van der Waals surface area contributed by atoms with Crippen molar-refractivity contribution in [2.75, 3.05) is 39.2 Å². The molecular formula is C14H21N3O2. The molecule has 104 valence electrons. The van der Waals surface area contributed by atoms with E-state index in [0.29, 0.717) is 11.6 Å². The van der Waals surface area contributed by atoms with Crippen LogP contribution in [0.3, 0.4) is 0 Å². The number of anilines is 1. The molecule has 0 radical (unpaired) electrons. The number of carbonyl (C=O) groups excluding carboxylic acids is 1. The average molecular weight is 263 g/mol. The number of amides is 1. The summed E-state index contributed by atoms with van der Waals surface area (Å²) in [7, 11) is 3.65. The summed E-state index contributed by atoms with van der Waals surface area (Å²) < 4.78 is 5.44. The van der Waals surface area contributed by atoms with Gasteiger partial charge in [0.25, 0.3) is 5.91 Å². The lowest BCUT2D eigenvalue weighted by Gasteiger charge is -2.27. The Bertz CT molecular complexity index is 430. The van der Waals surface area contributed by atoms with Gasteiger partial charge in [-0.15, -0.1) is 0 Å². The summed E-state index contributed by atoms with van der Waals surface area (Å²) in [6.45, 7) is 2.33. The Morgan fingerprint density at radius 3 is 3.16 bits per heavy atom. The second-order valence-electron chi connectivity index (χ2n) is 4.95. The molecule has 1 atom stereocenters. The molecule has 1 aromatic rings. The lowest BCUT2D eigenvalue weighted by Crippen LogP contribution is -2.35. The Balaban J connectivity index is 1.97. The van der Waals surface area contributed by atoms with Gasteiger partial charge in [0.2, 0.25) is 0 Å². The van der Waals surface area contributed by atoms with Crippen LogP contribution in [0.2, 0.25) is 0 Å². The van der Waals surface area contributed by atoms with E-state index >= 15 is 0 Å². The van der Waals surface area contributed by atoms with Crippen LogP contribution in [0.25, 0.3) is 0 Å². The van der Waals surface area contributed by atoms with Crippen molar-refractivity contribution in [3.8, 4) is 0 Å². The van der Waals surface area contributed by atoms with E-state index in [9.17, 15) is 4.79 Å². The summed E-state index contributed by atoms with van der Waals surface area (Å²) in [5.74, 6) is 0.401. The van der Waals surface area contributed by atoms with E-state index in [1.54, 1.807) is 17.2 Å². The van der Waals surface area contributed by atoms with E-state index in [-0.39, 0.29) is 5.91 Å². The van der Waals surface area contributed by atoms with Crippen molar-refractivity contribution in [2.45, 2.75) is 12.8 Å². The fraction of sp³-hybridized carbons (Fsp3) is 0.571. The van der Waals surface area contributed by atoms with Crippen molar-refractivity contribution in [2.24, 2.45) is 5.92 Å². The van der Waals surface area contributed by atoms with Crippen molar-refractivity contribution in [1.82, 2.24) is 9.88 Å². The number of pyridine rings is 1. The summed E-state index contributed by atoms with van der Waals surface area (Å²) >= 11 is 0. The van der Waals surface area contributed by atoms with Gasteiger partial charge >= 0.3 is 0 Å². The van der Waals surface area contributed by atoms with Gasteiger partial charge in [0.05, 0.1) is 6.61 Å². The SMILES string of the molecule is CNc1ccnc(C(=O)N(C)CC2CCCOC2)c1. The topological polar surface area (TPSA) is 54.5 Å². The Morgan fingerprint density at radius 2 is 2.47 bits per heavy atom. The fourth-order valence-electron chi connectivity index (χ4n) is 2.32. The molecule has 1 unspecified atom stereocenters. The van der Waals surface area contributed by atoms with E-state index in [4.69, 9.17) is 4.74 Å². The third-order valence-electron chi connectivity index (χ3n) is 3.40. The molecule has 19 heavy (non-hydrogen) atoms. The summed E-state index contributed by atoms with van der Waals surface area (Å²) in [4.78, 5) is 18.2. The predicted molar refractivity (Wildman–Crippen MR) is 74.3 cm³/mol. The lowest BCUT2D eigenvalue weighted by atomic mass is 10.0. The Morgan fingerprint density at radius 1 is 1.63 bits per heavy atom. The molecule has 2 rings (SSSR count). The van der Waals surface area contributed by atoms with Crippen LogP contribution < -0.4 is 5.32 Å². The minimum Gasteiger partial charge on any atom is -0.388 e. The summed E-state index contributed by atoms with van der Waals surface area (Å²) in [6.07, 6.45) is 3.86. The Labute approximate surface area is 114 Å². The maximum Gasteiger partial charge on any atom is 0.272 e. The average Bonchev–Trinajstić information content (AvgIpc) is 2.47. The predicted octanol–water partition coefficient (Wildman–Crippen LogP) is 1.62. The highest BCUT2D eigenvalue weighted by Crippen LogP contribution is 2.16. The molecule has 0 spiro atoms. The molecule has 1 saturated heterocycles. The van der Waals surface area contributed by atoms with Crippen LogP contribution in [-0.4, -0.2) is 49.6 Å². The third-order valence-corrected chi connectivity index (χ3v) is 3.40. The van der Waals surface area contributed by atoms with Crippen LogP contribution in [0.15, 0.2) is 18.3 Å². The van der Waals surface area contributed by atoms with Gasteiger partial charge in [-0.05, 0) is 30.9 Å². The van der Waals surface area contributed by atoms with Crippen molar-refractivity contribution in [3.63, 3.8) is 0 Å². The first-order chi connectivity index (χ1) is 9.20. The largest absolute Gasteiger partial charge is 0.388 e. The lowest BCUT2D eigenvalue weighted by molar-refractivity contribution is 0.0387. The number of ether oxygens (including phenoxy) is 1. The van der Waals surface area contributed by atoms with E-state index in [1.807, 2.05) is 20.2 Å². The minimum absolute atomic E-state index is 0.0392. The highest BCUT2D eigenvalue weighted by molar-refractivity contribution is 5.92. The van der Waals surface area contributed by atoms with Crippen LogP contribution in [-0.2, 0) is 4.74 Å². The van der Waals surface area contributed by atoms with E-state index in [0.717, 1.165) is 38.3 Å². The first-order valence-electron chi connectivity index (χ1n) is 6.67. The number of carbonyl (C=O) groups is 1. The molecule has 1 aromatic heterocycles. The van der Waals surface area contributed by atoms with Crippen LogP contribution >= 0.6 is 0 Å². The zero-order chi connectivity index (χ0) is 13.7. The molecule has 1 fully saturated rings. The van der Waals surface area contributed by atoms with Gasteiger partial charge in [0.1, 0.15) is 5.69 Å². The summed E-state index contributed by atoms with van der Waals surface area (Å²) in [5, 5.41) is 3.01. The second-order valence-corrected chi connectivity index (χ2v) is 4.95. The van der Waals surface area contributed by atoms with Gasteiger partial charge in [-0.3, -0.25) is 9.78 Å². The molecule has 0 aliphatic carbocycles. The van der Waals surface area contributed by atoms with Gasteiger partial charge in [-0.25, -0.2) is 0 Å². The molecule has 5 nitrogen and oxygen atoms in total. The number of rotatable bonds is 4. The molecule has 1 amide bonds. The fourth-order valence-corrected chi connectivity index (χ4v) is 2.32. The van der Waals surface area contributed by atoms with E-state index in [1.165, 1.54) is 0 Å². The quantitative estimate of drug-likeness (QED) is 0.897. The van der Waals surface area contributed by atoms with Crippen molar-refractivity contribution >= 4 is 11.6 Å². The van der Waals surface area contributed by atoms with Crippen LogP contribution in [0.1, 0.15) is 23.3 Å². The van der Waals surface area contributed by atoms with E-state index in [2.05, 4.69) is 10.3 Å². The molecule has 1 N–H and O–H groups in total. The highest BCUT2D eigenvalue weighted by atomic mass is 16.5. The maximum absolute atomic E-state index is 12.3. The minimum atomic E-state index is -0.0392. The van der Waals surface area contributed by atoms with Crippen molar-refractivity contribution in [1.29, 1.82) is 0 Å². The van der Waals surface area contributed by atoms with Crippen LogP contribution in [0, 0.1) is 5.92 Å². The molecule has 0 aromatic carbocycles. The molecule has 1 aliphatic rings. The van der Waals surface area contributed by atoms with Gasteiger partial charge in [0.15, 0.2) is 0 Å². The van der Waals surface area contributed by atoms with Crippen molar-refractivity contribution in [3.05, 3.63) is 24.0 Å². The number of aromatic nitrogens is 1. The number of hydrogen-bond acceptors (Lipinski definition) is 4. The van der Waals surface area contributed by atoms with Crippen LogP contribution in [0.4, 0.5) is 5.69 Å². The standard InChI is InChI=1S/C14H21N3O2/c1-15-12-5-6-16-13(8-12)14(18)17(2)9-11-4-3-7-19-10-11/h5-6,8,11H,3-4,7,9-10H2,1-2H3,(H,15,16). The second kappa shape index (κ2) is 6.52. The van der Waals surface area contributed by atoms with Gasteiger partial charge in [-0.2, -0.15) is 0 Å². The Hall–Kier alpha value is -1.62.